The van der Waals surface area contributed by atoms with Crippen molar-refractivity contribution in [2.24, 2.45) is 0 Å². The number of β-amino-alcohol motifs (C(OH)–C–C–N with tert-alkyl or cyclic N) is 1. The van der Waals surface area contributed by atoms with Crippen LogP contribution in [-0.4, -0.2) is 52.6 Å². The fraction of sp³-hybridized carbons (Fsp3) is 0.833. The maximum absolute atomic E-state index is 12.5. The van der Waals surface area contributed by atoms with E-state index in [1.807, 2.05) is 0 Å². The van der Waals surface area contributed by atoms with Crippen molar-refractivity contribution in [2.45, 2.75) is 50.1 Å². The van der Waals surface area contributed by atoms with Gasteiger partial charge in [0.2, 0.25) is 0 Å². The van der Waals surface area contributed by atoms with E-state index in [-0.39, 0.29) is 6.54 Å². The summed E-state index contributed by atoms with van der Waals surface area (Å²) in [5.41, 5.74) is 0. The lowest BCUT2D eigenvalue weighted by molar-refractivity contribution is -0.219. The molecule has 3 nitrogen and oxygen atoms in total. The number of halogens is 3. The van der Waals surface area contributed by atoms with Gasteiger partial charge in [-0.15, -0.1) is 6.58 Å². The van der Waals surface area contributed by atoms with E-state index < -0.39 is 24.4 Å². The third kappa shape index (κ3) is 4.26. The SMILES string of the molecule is C=CCCC(O)CN1CCCC1C(O)C(F)(F)F. The van der Waals surface area contributed by atoms with Crippen LogP contribution in [0.15, 0.2) is 12.7 Å². The van der Waals surface area contributed by atoms with Gasteiger partial charge in [-0.05, 0) is 32.2 Å². The molecule has 0 aromatic carbocycles. The van der Waals surface area contributed by atoms with Gasteiger partial charge in [0.15, 0.2) is 6.10 Å². The first kappa shape index (κ1) is 15.5. The minimum absolute atomic E-state index is 0.172. The standard InChI is InChI=1S/C12H20F3NO2/c1-2-3-5-9(17)8-16-7-4-6-10(16)11(18)12(13,14)15/h2,9-11,17-18H,1,3-8H2. The highest BCUT2D eigenvalue weighted by Crippen LogP contribution is 2.30. The molecule has 0 radical (unpaired) electrons. The monoisotopic (exact) mass is 267 g/mol. The first-order valence-corrected chi connectivity index (χ1v) is 6.14. The maximum Gasteiger partial charge on any atom is 0.415 e. The lowest BCUT2D eigenvalue weighted by atomic mass is 10.1. The zero-order valence-electron chi connectivity index (χ0n) is 10.2. The Labute approximate surface area is 105 Å². The van der Waals surface area contributed by atoms with E-state index in [9.17, 15) is 23.4 Å². The number of allylic oxidation sites excluding steroid dienone is 1. The van der Waals surface area contributed by atoms with Gasteiger partial charge in [-0.2, -0.15) is 13.2 Å². The Kier molecular flexibility index (Phi) is 5.62. The zero-order chi connectivity index (χ0) is 13.8. The Morgan fingerprint density at radius 1 is 1.39 bits per heavy atom. The van der Waals surface area contributed by atoms with Crippen molar-refractivity contribution in [1.29, 1.82) is 0 Å². The fourth-order valence-corrected chi connectivity index (χ4v) is 2.33. The summed E-state index contributed by atoms with van der Waals surface area (Å²) in [5, 5.41) is 19.0. The summed E-state index contributed by atoms with van der Waals surface area (Å²) in [6.07, 6.45) is -3.90. The molecule has 1 fully saturated rings. The van der Waals surface area contributed by atoms with Crippen LogP contribution in [0.4, 0.5) is 13.2 Å². The molecule has 0 bridgehead atoms. The molecule has 3 atom stereocenters. The van der Waals surface area contributed by atoms with E-state index in [4.69, 9.17) is 0 Å². The molecule has 106 valence electrons. The molecule has 0 spiro atoms. The van der Waals surface area contributed by atoms with Crippen molar-refractivity contribution >= 4 is 0 Å². The third-order valence-electron chi connectivity index (χ3n) is 3.26. The summed E-state index contributed by atoms with van der Waals surface area (Å²) in [4.78, 5) is 1.53. The van der Waals surface area contributed by atoms with Crippen LogP contribution in [0.5, 0.6) is 0 Å². The number of likely N-dealkylation sites (tertiary alicyclic amines) is 1. The third-order valence-corrected chi connectivity index (χ3v) is 3.26. The van der Waals surface area contributed by atoms with Gasteiger partial charge in [0.25, 0.3) is 0 Å². The number of rotatable bonds is 6. The van der Waals surface area contributed by atoms with Gasteiger partial charge in [-0.25, -0.2) is 0 Å². The van der Waals surface area contributed by atoms with Gasteiger partial charge in [0, 0.05) is 12.6 Å². The second-order valence-electron chi connectivity index (χ2n) is 4.71. The van der Waals surface area contributed by atoms with E-state index in [2.05, 4.69) is 6.58 Å². The van der Waals surface area contributed by atoms with Crippen LogP contribution in [0, 0.1) is 0 Å². The molecule has 1 rings (SSSR count). The average Bonchev–Trinajstić information content (AvgIpc) is 2.72. The van der Waals surface area contributed by atoms with E-state index >= 15 is 0 Å². The quantitative estimate of drug-likeness (QED) is 0.720. The molecular formula is C12H20F3NO2. The highest BCUT2D eigenvalue weighted by atomic mass is 19.4. The van der Waals surface area contributed by atoms with Crippen LogP contribution in [0.1, 0.15) is 25.7 Å². The number of hydrogen-bond acceptors (Lipinski definition) is 3. The molecule has 3 unspecified atom stereocenters. The van der Waals surface area contributed by atoms with Crippen LogP contribution >= 0.6 is 0 Å². The summed E-state index contributed by atoms with van der Waals surface area (Å²) in [7, 11) is 0. The van der Waals surface area contributed by atoms with Gasteiger partial charge < -0.3 is 10.2 Å². The molecule has 1 aliphatic heterocycles. The van der Waals surface area contributed by atoms with Gasteiger partial charge in [0.05, 0.1) is 6.10 Å². The van der Waals surface area contributed by atoms with Gasteiger partial charge >= 0.3 is 6.18 Å². The van der Waals surface area contributed by atoms with E-state index in [1.165, 1.54) is 4.90 Å². The minimum Gasteiger partial charge on any atom is -0.392 e. The molecule has 1 heterocycles. The highest BCUT2D eigenvalue weighted by Gasteiger charge is 2.47. The van der Waals surface area contributed by atoms with E-state index in [1.54, 1.807) is 6.08 Å². The molecule has 0 aliphatic carbocycles. The van der Waals surface area contributed by atoms with Crippen LogP contribution in [0.2, 0.25) is 0 Å². The second kappa shape index (κ2) is 6.54. The largest absolute Gasteiger partial charge is 0.415 e. The Hall–Kier alpha value is -0.590. The van der Waals surface area contributed by atoms with Crippen molar-refractivity contribution in [2.75, 3.05) is 13.1 Å². The molecule has 0 aromatic rings. The second-order valence-corrected chi connectivity index (χ2v) is 4.71. The summed E-state index contributed by atoms with van der Waals surface area (Å²) in [5.74, 6) is 0. The van der Waals surface area contributed by atoms with Gasteiger partial charge in [-0.3, -0.25) is 4.90 Å². The summed E-state index contributed by atoms with van der Waals surface area (Å²) >= 11 is 0. The van der Waals surface area contributed by atoms with Crippen LogP contribution in [0.3, 0.4) is 0 Å². The molecule has 1 aliphatic rings. The summed E-state index contributed by atoms with van der Waals surface area (Å²) in [6.45, 7) is 4.19. The molecule has 18 heavy (non-hydrogen) atoms. The van der Waals surface area contributed by atoms with Crippen molar-refractivity contribution in [1.82, 2.24) is 4.90 Å². The Balaban J connectivity index is 2.51. The number of hydrogen-bond donors (Lipinski definition) is 2. The number of alkyl halides is 3. The maximum atomic E-state index is 12.5. The molecule has 6 heteroatoms. The summed E-state index contributed by atoms with van der Waals surface area (Å²) in [6, 6.07) is -0.927. The zero-order valence-corrected chi connectivity index (χ0v) is 10.2. The van der Waals surface area contributed by atoms with Crippen LogP contribution in [0.25, 0.3) is 0 Å². The number of nitrogens with zero attached hydrogens (tertiary/aromatic N) is 1. The summed E-state index contributed by atoms with van der Waals surface area (Å²) < 4.78 is 37.4. The highest BCUT2D eigenvalue weighted by molar-refractivity contribution is 4.89. The van der Waals surface area contributed by atoms with Crippen molar-refractivity contribution in [3.8, 4) is 0 Å². The topological polar surface area (TPSA) is 43.7 Å². The van der Waals surface area contributed by atoms with Crippen molar-refractivity contribution < 1.29 is 23.4 Å². The lowest BCUT2D eigenvalue weighted by Crippen LogP contribution is -2.48. The molecular weight excluding hydrogens is 247 g/mol. The van der Waals surface area contributed by atoms with Crippen LogP contribution in [-0.2, 0) is 0 Å². The fourth-order valence-electron chi connectivity index (χ4n) is 2.33. The molecule has 2 N–H and O–H groups in total. The Morgan fingerprint density at radius 2 is 2.06 bits per heavy atom. The van der Waals surface area contributed by atoms with Crippen LogP contribution < -0.4 is 0 Å². The van der Waals surface area contributed by atoms with E-state index in [0.29, 0.717) is 32.2 Å². The first-order valence-electron chi connectivity index (χ1n) is 6.14. The smallest absolute Gasteiger partial charge is 0.392 e. The average molecular weight is 267 g/mol. The minimum atomic E-state index is -4.60. The van der Waals surface area contributed by atoms with Crippen molar-refractivity contribution in [3.05, 3.63) is 12.7 Å². The predicted molar refractivity (Wildman–Crippen MR) is 62.1 cm³/mol. The van der Waals surface area contributed by atoms with Gasteiger partial charge in [0.1, 0.15) is 0 Å². The normalized spacial score (nSPS) is 25.1. The number of aliphatic hydroxyl groups excluding tert-OH is 2. The molecule has 1 saturated heterocycles. The van der Waals surface area contributed by atoms with E-state index in [0.717, 1.165) is 0 Å². The molecule has 0 aromatic heterocycles. The molecule has 0 amide bonds. The Bertz CT molecular complexity index is 271. The predicted octanol–water partition coefficient (Wildman–Crippen LogP) is 1.70. The van der Waals surface area contributed by atoms with Crippen molar-refractivity contribution in [3.63, 3.8) is 0 Å². The Morgan fingerprint density at radius 3 is 2.61 bits per heavy atom. The van der Waals surface area contributed by atoms with Gasteiger partial charge in [-0.1, -0.05) is 6.08 Å². The number of aliphatic hydroxyl groups is 2. The molecule has 0 saturated carbocycles. The first-order chi connectivity index (χ1) is 8.36. The lowest BCUT2D eigenvalue weighted by Gasteiger charge is -2.31.